The standard InChI is InChI=1S/C27H20O6/c1-27(2)32-25-26(33-27)31-24(29)20-14-12-16-8-4-6-10-18(16)22(20)21-17-9-5-3-7-15(17)11-13-19(21)23(28)30-25/h3-14,25-26H,1-2H3/t25-,26-/m1/s1. The fourth-order valence-corrected chi connectivity index (χ4v) is 4.62. The average molecular weight is 440 g/mol. The second-order valence-corrected chi connectivity index (χ2v) is 8.60. The first kappa shape index (κ1) is 19.9. The van der Waals surface area contributed by atoms with Crippen LogP contribution in [-0.2, 0) is 18.9 Å². The van der Waals surface area contributed by atoms with Crippen LogP contribution >= 0.6 is 0 Å². The van der Waals surface area contributed by atoms with Crippen molar-refractivity contribution in [3.8, 4) is 11.1 Å². The maximum absolute atomic E-state index is 13.4. The van der Waals surface area contributed by atoms with Crippen LogP contribution in [0.3, 0.4) is 0 Å². The van der Waals surface area contributed by atoms with Gasteiger partial charge in [0.15, 0.2) is 5.79 Å². The van der Waals surface area contributed by atoms with Crippen molar-refractivity contribution >= 4 is 33.5 Å². The van der Waals surface area contributed by atoms with Crippen molar-refractivity contribution in [2.75, 3.05) is 0 Å². The molecule has 0 aromatic heterocycles. The van der Waals surface area contributed by atoms with Crippen LogP contribution in [-0.4, -0.2) is 30.3 Å². The van der Waals surface area contributed by atoms with Crippen molar-refractivity contribution in [2.45, 2.75) is 32.2 Å². The van der Waals surface area contributed by atoms with E-state index in [9.17, 15) is 9.59 Å². The summed E-state index contributed by atoms with van der Waals surface area (Å²) in [5.74, 6) is -2.24. The molecule has 4 aromatic carbocycles. The molecule has 4 aromatic rings. The van der Waals surface area contributed by atoms with Gasteiger partial charge < -0.3 is 18.9 Å². The quantitative estimate of drug-likeness (QED) is 0.340. The lowest BCUT2D eigenvalue weighted by Gasteiger charge is -2.23. The van der Waals surface area contributed by atoms with E-state index in [0.29, 0.717) is 22.3 Å². The molecule has 0 N–H and O–H groups in total. The SMILES string of the molecule is CC1(C)O[C@H]2OC(=O)c3ccc4ccccc4c3-c3c(ccc4ccccc34)C(=O)O[C@@H]2O1. The highest BCUT2D eigenvalue weighted by atomic mass is 16.9. The topological polar surface area (TPSA) is 71.1 Å². The smallest absolute Gasteiger partial charge is 0.341 e. The molecule has 2 aliphatic heterocycles. The number of carbonyl (C=O) groups excluding carboxylic acids is 2. The van der Waals surface area contributed by atoms with Gasteiger partial charge in [-0.05, 0) is 47.5 Å². The van der Waals surface area contributed by atoms with Crippen LogP contribution in [0.2, 0.25) is 0 Å². The molecule has 33 heavy (non-hydrogen) atoms. The van der Waals surface area contributed by atoms with Gasteiger partial charge in [0.2, 0.25) is 0 Å². The highest BCUT2D eigenvalue weighted by Gasteiger charge is 2.47. The van der Waals surface area contributed by atoms with Crippen LogP contribution in [0.4, 0.5) is 0 Å². The zero-order valence-corrected chi connectivity index (χ0v) is 18.0. The van der Waals surface area contributed by atoms with E-state index in [4.69, 9.17) is 18.9 Å². The number of ether oxygens (including phenoxy) is 4. The number of rotatable bonds is 0. The van der Waals surface area contributed by atoms with Gasteiger partial charge in [-0.25, -0.2) is 9.59 Å². The maximum atomic E-state index is 13.4. The highest BCUT2D eigenvalue weighted by Crippen LogP contribution is 2.41. The lowest BCUT2D eigenvalue weighted by molar-refractivity contribution is -0.180. The molecule has 164 valence electrons. The minimum absolute atomic E-state index is 0.341. The first-order chi connectivity index (χ1) is 15.9. The van der Waals surface area contributed by atoms with Crippen LogP contribution < -0.4 is 0 Å². The van der Waals surface area contributed by atoms with Crippen molar-refractivity contribution in [2.24, 2.45) is 0 Å². The molecule has 0 amide bonds. The second kappa shape index (κ2) is 7.13. The Hall–Kier alpha value is -3.74. The van der Waals surface area contributed by atoms with Gasteiger partial charge in [0.25, 0.3) is 12.6 Å². The minimum atomic E-state index is -1.18. The predicted molar refractivity (Wildman–Crippen MR) is 122 cm³/mol. The molecule has 1 fully saturated rings. The summed E-state index contributed by atoms with van der Waals surface area (Å²) in [5, 5.41) is 3.54. The van der Waals surface area contributed by atoms with E-state index < -0.39 is 30.3 Å². The maximum Gasteiger partial charge on any atom is 0.341 e. The summed E-state index contributed by atoms with van der Waals surface area (Å²) in [6.07, 6.45) is -2.37. The van der Waals surface area contributed by atoms with Gasteiger partial charge in [-0.1, -0.05) is 60.7 Å². The fraction of sp³-hybridized carbons (Fsp3) is 0.185. The molecule has 0 spiro atoms. The van der Waals surface area contributed by atoms with Crippen LogP contribution in [0.5, 0.6) is 0 Å². The summed E-state index contributed by atoms with van der Waals surface area (Å²) in [6.45, 7) is 3.34. The van der Waals surface area contributed by atoms with Crippen molar-refractivity contribution in [3.63, 3.8) is 0 Å². The molecule has 0 unspecified atom stereocenters. The second-order valence-electron chi connectivity index (χ2n) is 8.60. The van der Waals surface area contributed by atoms with Crippen LogP contribution in [0.1, 0.15) is 34.6 Å². The molecule has 2 atom stereocenters. The highest BCUT2D eigenvalue weighted by molar-refractivity contribution is 6.17. The fourth-order valence-electron chi connectivity index (χ4n) is 4.62. The number of hydrogen-bond acceptors (Lipinski definition) is 6. The Kier molecular flexibility index (Phi) is 4.30. The van der Waals surface area contributed by atoms with E-state index in [1.165, 1.54) is 0 Å². The van der Waals surface area contributed by atoms with Gasteiger partial charge in [0.1, 0.15) is 0 Å². The van der Waals surface area contributed by atoms with Gasteiger partial charge >= 0.3 is 11.9 Å². The van der Waals surface area contributed by atoms with Gasteiger partial charge in [0.05, 0.1) is 11.1 Å². The summed E-state index contributed by atoms with van der Waals surface area (Å²) in [4.78, 5) is 26.9. The Morgan fingerprint density at radius 2 is 1.03 bits per heavy atom. The number of esters is 2. The molecule has 0 aliphatic carbocycles. The summed E-state index contributed by atoms with van der Waals surface area (Å²) >= 11 is 0. The summed E-state index contributed by atoms with van der Waals surface area (Å²) in [7, 11) is 0. The Morgan fingerprint density at radius 1 is 0.606 bits per heavy atom. The Balaban J connectivity index is 1.71. The van der Waals surface area contributed by atoms with Crippen molar-refractivity contribution < 1.29 is 28.5 Å². The van der Waals surface area contributed by atoms with Crippen LogP contribution in [0, 0.1) is 0 Å². The molecule has 1 saturated heterocycles. The largest absolute Gasteiger partial charge is 0.425 e. The minimum Gasteiger partial charge on any atom is -0.425 e. The van der Waals surface area contributed by atoms with E-state index >= 15 is 0 Å². The molecule has 0 bridgehead atoms. The summed E-state index contributed by atoms with van der Waals surface area (Å²) in [6, 6.07) is 22.7. The van der Waals surface area contributed by atoms with E-state index in [0.717, 1.165) is 21.5 Å². The molecule has 0 radical (unpaired) electrons. The zero-order chi connectivity index (χ0) is 22.7. The number of hydrogen-bond donors (Lipinski definition) is 0. The van der Waals surface area contributed by atoms with Crippen molar-refractivity contribution in [3.05, 3.63) is 83.9 Å². The molecular weight excluding hydrogens is 420 g/mol. The predicted octanol–water partition coefficient (Wildman–Crippen LogP) is 5.42. The van der Waals surface area contributed by atoms with Gasteiger partial charge in [-0.15, -0.1) is 0 Å². The lowest BCUT2D eigenvalue weighted by atomic mass is 9.87. The van der Waals surface area contributed by atoms with Crippen molar-refractivity contribution in [1.82, 2.24) is 0 Å². The monoisotopic (exact) mass is 440 g/mol. The molecule has 0 saturated carbocycles. The lowest BCUT2D eigenvalue weighted by Crippen LogP contribution is -2.33. The first-order valence-corrected chi connectivity index (χ1v) is 10.7. The van der Waals surface area contributed by atoms with E-state index in [1.54, 1.807) is 26.0 Å². The Labute approximate surface area is 189 Å². The van der Waals surface area contributed by atoms with Crippen LogP contribution in [0.25, 0.3) is 32.7 Å². The average Bonchev–Trinajstić information content (AvgIpc) is 3.09. The third kappa shape index (κ3) is 3.18. The van der Waals surface area contributed by atoms with E-state index in [2.05, 4.69) is 0 Å². The molecule has 2 aliphatic rings. The van der Waals surface area contributed by atoms with Gasteiger partial charge in [-0.3, -0.25) is 0 Å². The number of fused-ring (bicyclic) bond motifs is 8. The third-order valence-corrected chi connectivity index (χ3v) is 6.02. The van der Waals surface area contributed by atoms with Crippen LogP contribution in [0.15, 0.2) is 72.8 Å². The molecule has 6 nitrogen and oxygen atoms in total. The molecule has 2 heterocycles. The Morgan fingerprint density at radius 3 is 1.48 bits per heavy atom. The molecule has 6 heteroatoms. The first-order valence-electron chi connectivity index (χ1n) is 10.7. The van der Waals surface area contributed by atoms with Gasteiger partial charge in [0, 0.05) is 11.1 Å². The zero-order valence-electron chi connectivity index (χ0n) is 18.0. The summed E-state index contributed by atoms with van der Waals surface area (Å²) < 4.78 is 22.8. The van der Waals surface area contributed by atoms with Gasteiger partial charge in [-0.2, -0.15) is 0 Å². The number of benzene rings is 4. The van der Waals surface area contributed by atoms with Crippen molar-refractivity contribution in [1.29, 1.82) is 0 Å². The summed E-state index contributed by atoms with van der Waals surface area (Å²) in [5.41, 5.74) is 1.93. The number of carbonyl (C=O) groups is 2. The molecular formula is C27H20O6. The normalized spacial score (nSPS) is 21.6. The molecule has 6 rings (SSSR count). The third-order valence-electron chi connectivity index (χ3n) is 6.02. The van der Waals surface area contributed by atoms with E-state index in [1.807, 2.05) is 60.7 Å². The Bertz CT molecular complexity index is 1340. The van der Waals surface area contributed by atoms with E-state index in [-0.39, 0.29) is 0 Å².